The van der Waals surface area contributed by atoms with Gasteiger partial charge in [-0.05, 0) is 44.6 Å². The molecule has 0 radical (unpaired) electrons. The molecule has 1 saturated heterocycles. The zero-order valence-corrected chi connectivity index (χ0v) is 10.9. The summed E-state index contributed by atoms with van der Waals surface area (Å²) in [6, 6.07) is 0.220. The highest BCUT2D eigenvalue weighted by atomic mass is 16.2. The van der Waals surface area contributed by atoms with Crippen LogP contribution in [0.4, 0.5) is 0 Å². The van der Waals surface area contributed by atoms with E-state index < -0.39 is 0 Å². The van der Waals surface area contributed by atoms with Crippen molar-refractivity contribution in [3.05, 3.63) is 12.7 Å². The summed E-state index contributed by atoms with van der Waals surface area (Å²) < 4.78 is 0. The first-order chi connectivity index (χ1) is 8.70. The molecule has 0 aromatic carbocycles. The van der Waals surface area contributed by atoms with Crippen LogP contribution in [0.2, 0.25) is 0 Å². The normalized spacial score (nSPS) is 27.9. The van der Waals surface area contributed by atoms with Crippen LogP contribution in [0, 0.1) is 5.92 Å². The number of hydrogen-bond acceptors (Lipinski definition) is 2. The molecule has 0 aromatic heterocycles. The maximum Gasteiger partial charge on any atom is 0.243 e. The maximum atomic E-state index is 12.2. The third-order valence-electron chi connectivity index (χ3n) is 4.03. The van der Waals surface area contributed by atoms with Crippen molar-refractivity contribution in [1.82, 2.24) is 10.2 Å². The lowest BCUT2D eigenvalue weighted by Gasteiger charge is -2.30. The van der Waals surface area contributed by atoms with Crippen molar-refractivity contribution in [2.45, 2.75) is 44.6 Å². The Bertz CT molecular complexity index is 327. The Labute approximate surface area is 108 Å². The molecular weight excluding hydrogens is 228 g/mol. The fraction of sp³-hybridized carbons (Fsp3) is 0.714. The molecular formula is C14H22N2O2. The molecule has 1 saturated carbocycles. The van der Waals surface area contributed by atoms with Gasteiger partial charge in [0, 0.05) is 25.0 Å². The van der Waals surface area contributed by atoms with Crippen LogP contribution in [-0.4, -0.2) is 35.8 Å². The second-order valence-electron chi connectivity index (χ2n) is 5.29. The van der Waals surface area contributed by atoms with E-state index in [2.05, 4.69) is 11.9 Å². The van der Waals surface area contributed by atoms with Crippen molar-refractivity contribution < 1.29 is 9.59 Å². The molecule has 2 fully saturated rings. The maximum absolute atomic E-state index is 12.2. The summed E-state index contributed by atoms with van der Waals surface area (Å²) in [4.78, 5) is 25.4. The number of nitrogens with zero attached hydrogens (tertiary/aromatic N) is 1. The highest BCUT2D eigenvalue weighted by Crippen LogP contribution is 2.27. The van der Waals surface area contributed by atoms with Gasteiger partial charge in [-0.15, -0.1) is 0 Å². The fourth-order valence-electron chi connectivity index (χ4n) is 2.94. The van der Waals surface area contributed by atoms with Crippen molar-refractivity contribution in [1.29, 1.82) is 0 Å². The Balaban J connectivity index is 1.77. The minimum Gasteiger partial charge on any atom is -0.350 e. The van der Waals surface area contributed by atoms with Gasteiger partial charge < -0.3 is 10.2 Å². The number of rotatable bonds is 3. The van der Waals surface area contributed by atoms with E-state index in [1.807, 2.05) is 4.90 Å². The molecule has 4 heteroatoms. The van der Waals surface area contributed by atoms with Crippen LogP contribution in [-0.2, 0) is 9.59 Å². The second-order valence-corrected chi connectivity index (χ2v) is 5.29. The lowest BCUT2D eigenvalue weighted by molar-refractivity contribution is -0.135. The topological polar surface area (TPSA) is 49.4 Å². The summed E-state index contributed by atoms with van der Waals surface area (Å²) in [6.07, 6.45) is 7.22. The highest BCUT2D eigenvalue weighted by molar-refractivity contribution is 5.87. The standard InChI is InChI=1S/C14H22N2O2/c1-2-13(17)15-12-7-5-11(6-8-12)14(18)16-9-3-4-10-16/h2,11-12H,1,3-10H2,(H,15,17)/t11-,12-. The number of amides is 2. The number of carbonyl (C=O) groups is 2. The summed E-state index contributed by atoms with van der Waals surface area (Å²) in [5, 5.41) is 2.92. The number of hydrogen-bond donors (Lipinski definition) is 1. The Hall–Kier alpha value is -1.32. The quantitative estimate of drug-likeness (QED) is 0.771. The molecule has 100 valence electrons. The minimum atomic E-state index is -0.107. The molecule has 1 aliphatic carbocycles. The number of likely N-dealkylation sites (tertiary alicyclic amines) is 1. The van der Waals surface area contributed by atoms with Gasteiger partial charge in [0.2, 0.25) is 11.8 Å². The molecule has 2 amide bonds. The van der Waals surface area contributed by atoms with E-state index in [1.54, 1.807) is 0 Å². The Morgan fingerprint density at radius 2 is 1.72 bits per heavy atom. The van der Waals surface area contributed by atoms with Crippen molar-refractivity contribution in [2.75, 3.05) is 13.1 Å². The first-order valence-electron chi connectivity index (χ1n) is 6.92. The predicted octanol–water partition coefficient (Wildman–Crippen LogP) is 1.47. The molecule has 18 heavy (non-hydrogen) atoms. The van der Waals surface area contributed by atoms with E-state index in [9.17, 15) is 9.59 Å². The summed E-state index contributed by atoms with van der Waals surface area (Å²) in [7, 11) is 0. The average molecular weight is 250 g/mol. The summed E-state index contributed by atoms with van der Waals surface area (Å²) in [6.45, 7) is 5.32. The van der Waals surface area contributed by atoms with Gasteiger partial charge >= 0.3 is 0 Å². The van der Waals surface area contributed by atoms with Crippen LogP contribution >= 0.6 is 0 Å². The van der Waals surface area contributed by atoms with Crippen LogP contribution in [0.15, 0.2) is 12.7 Å². The van der Waals surface area contributed by atoms with E-state index in [0.29, 0.717) is 5.91 Å². The van der Waals surface area contributed by atoms with Gasteiger partial charge in [0.15, 0.2) is 0 Å². The van der Waals surface area contributed by atoms with Crippen LogP contribution in [0.3, 0.4) is 0 Å². The van der Waals surface area contributed by atoms with E-state index >= 15 is 0 Å². The highest BCUT2D eigenvalue weighted by Gasteiger charge is 2.30. The molecule has 2 rings (SSSR count). The van der Waals surface area contributed by atoms with Crippen molar-refractivity contribution >= 4 is 11.8 Å². The van der Waals surface area contributed by atoms with E-state index in [0.717, 1.165) is 51.6 Å². The first kappa shape index (κ1) is 13.1. The van der Waals surface area contributed by atoms with E-state index in [1.165, 1.54) is 6.08 Å². The molecule has 0 aromatic rings. The third kappa shape index (κ3) is 3.12. The van der Waals surface area contributed by atoms with Crippen LogP contribution in [0.25, 0.3) is 0 Å². The summed E-state index contributed by atoms with van der Waals surface area (Å²) in [5.74, 6) is 0.408. The Morgan fingerprint density at radius 1 is 1.11 bits per heavy atom. The van der Waals surface area contributed by atoms with Gasteiger partial charge in [-0.1, -0.05) is 6.58 Å². The average Bonchev–Trinajstić information content (AvgIpc) is 2.92. The molecule has 0 bridgehead atoms. The van der Waals surface area contributed by atoms with Crippen molar-refractivity contribution in [2.24, 2.45) is 5.92 Å². The molecule has 4 nitrogen and oxygen atoms in total. The Kier molecular flexibility index (Phi) is 4.39. The lowest BCUT2D eigenvalue weighted by Crippen LogP contribution is -2.41. The predicted molar refractivity (Wildman–Crippen MR) is 69.9 cm³/mol. The van der Waals surface area contributed by atoms with Gasteiger partial charge in [-0.3, -0.25) is 9.59 Å². The van der Waals surface area contributed by atoms with E-state index in [4.69, 9.17) is 0 Å². The monoisotopic (exact) mass is 250 g/mol. The summed E-state index contributed by atoms with van der Waals surface area (Å²) in [5.41, 5.74) is 0. The fourth-order valence-corrected chi connectivity index (χ4v) is 2.94. The first-order valence-corrected chi connectivity index (χ1v) is 6.92. The molecule has 0 atom stereocenters. The zero-order chi connectivity index (χ0) is 13.0. The third-order valence-corrected chi connectivity index (χ3v) is 4.03. The second kappa shape index (κ2) is 6.03. The largest absolute Gasteiger partial charge is 0.350 e. The van der Waals surface area contributed by atoms with Crippen molar-refractivity contribution in [3.8, 4) is 0 Å². The lowest BCUT2D eigenvalue weighted by atomic mass is 9.85. The molecule has 1 N–H and O–H groups in total. The SMILES string of the molecule is C=CC(=O)N[C@H]1CC[C@H](C(=O)N2CCCC2)CC1. The number of nitrogens with one attached hydrogen (secondary N) is 1. The van der Waals surface area contributed by atoms with Crippen LogP contribution < -0.4 is 5.32 Å². The molecule has 0 unspecified atom stereocenters. The van der Waals surface area contributed by atoms with Gasteiger partial charge in [-0.25, -0.2) is 0 Å². The molecule has 2 aliphatic rings. The molecule has 1 aliphatic heterocycles. The zero-order valence-electron chi connectivity index (χ0n) is 10.9. The van der Waals surface area contributed by atoms with Crippen LogP contribution in [0.1, 0.15) is 38.5 Å². The smallest absolute Gasteiger partial charge is 0.243 e. The van der Waals surface area contributed by atoms with E-state index in [-0.39, 0.29) is 17.9 Å². The Morgan fingerprint density at radius 3 is 2.28 bits per heavy atom. The van der Waals surface area contributed by atoms with Crippen LogP contribution in [0.5, 0.6) is 0 Å². The molecule has 0 spiro atoms. The van der Waals surface area contributed by atoms with Gasteiger partial charge in [0.25, 0.3) is 0 Å². The van der Waals surface area contributed by atoms with Gasteiger partial charge in [0.05, 0.1) is 0 Å². The van der Waals surface area contributed by atoms with Gasteiger partial charge in [0.1, 0.15) is 0 Å². The summed E-state index contributed by atoms with van der Waals surface area (Å²) >= 11 is 0. The molecule has 1 heterocycles. The number of carbonyl (C=O) groups excluding carboxylic acids is 2. The minimum absolute atomic E-state index is 0.107. The van der Waals surface area contributed by atoms with Gasteiger partial charge in [-0.2, -0.15) is 0 Å². The van der Waals surface area contributed by atoms with Crippen molar-refractivity contribution in [3.63, 3.8) is 0 Å².